The van der Waals surface area contributed by atoms with Gasteiger partial charge in [-0.15, -0.1) is 21.5 Å². The van der Waals surface area contributed by atoms with Gasteiger partial charge in [0.15, 0.2) is 0 Å². The molecule has 0 radical (unpaired) electrons. The fraction of sp³-hybridized carbons (Fsp3) is 0.353. The molecular formula is C17H20N4O2S2. The number of rotatable bonds is 6. The van der Waals surface area contributed by atoms with E-state index >= 15 is 0 Å². The molecule has 3 aromatic rings. The highest BCUT2D eigenvalue weighted by molar-refractivity contribution is 7.90. The Morgan fingerprint density at radius 1 is 1.12 bits per heavy atom. The summed E-state index contributed by atoms with van der Waals surface area (Å²) in [6.45, 7) is 6.24. The highest BCUT2D eigenvalue weighted by Crippen LogP contribution is 2.26. The third kappa shape index (κ3) is 3.64. The third-order valence-corrected chi connectivity index (χ3v) is 6.47. The third-order valence-electron chi connectivity index (χ3n) is 3.99. The highest BCUT2D eigenvalue weighted by Gasteiger charge is 2.24. The van der Waals surface area contributed by atoms with Gasteiger partial charge in [-0.25, -0.2) is 13.4 Å². The lowest BCUT2D eigenvalue weighted by molar-refractivity contribution is 0.564. The van der Waals surface area contributed by atoms with Gasteiger partial charge in [0.1, 0.15) is 16.6 Å². The number of hydrogen-bond donors (Lipinski definition) is 0. The number of benzene rings is 1. The lowest BCUT2D eigenvalue weighted by Crippen LogP contribution is -2.13. The van der Waals surface area contributed by atoms with E-state index in [1.54, 1.807) is 16.9 Å². The molecular weight excluding hydrogens is 356 g/mol. The predicted octanol–water partition coefficient (Wildman–Crippen LogP) is 3.27. The second-order valence-electron chi connectivity index (χ2n) is 5.73. The maximum atomic E-state index is 12.7. The van der Waals surface area contributed by atoms with Crippen LogP contribution in [0, 0.1) is 6.92 Å². The van der Waals surface area contributed by atoms with Crippen LogP contribution in [0.1, 0.15) is 30.9 Å². The van der Waals surface area contributed by atoms with Crippen LogP contribution in [0.4, 0.5) is 0 Å². The maximum Gasteiger partial charge on any atom is 0.250 e. The van der Waals surface area contributed by atoms with E-state index in [-0.39, 0.29) is 10.9 Å². The molecule has 0 amide bonds. The molecule has 132 valence electrons. The summed E-state index contributed by atoms with van der Waals surface area (Å²) in [5.74, 6) is 0.422. The fourth-order valence-corrected chi connectivity index (χ4v) is 4.96. The van der Waals surface area contributed by atoms with Crippen molar-refractivity contribution in [1.82, 2.24) is 19.7 Å². The number of aryl methyl sites for hydroxylation is 2. The molecule has 0 saturated heterocycles. The van der Waals surface area contributed by atoms with Crippen molar-refractivity contribution in [1.29, 1.82) is 0 Å². The van der Waals surface area contributed by atoms with Gasteiger partial charge >= 0.3 is 0 Å². The minimum absolute atomic E-state index is 0.00866. The van der Waals surface area contributed by atoms with Gasteiger partial charge in [-0.05, 0) is 25.8 Å². The summed E-state index contributed by atoms with van der Waals surface area (Å²) >= 11 is 1.45. The molecule has 0 saturated carbocycles. The Labute approximate surface area is 151 Å². The zero-order chi connectivity index (χ0) is 18.0. The van der Waals surface area contributed by atoms with Crippen LogP contribution in [0.25, 0.3) is 10.6 Å². The molecule has 0 aliphatic rings. The van der Waals surface area contributed by atoms with Crippen LogP contribution in [0.5, 0.6) is 0 Å². The normalized spacial score (nSPS) is 11.8. The van der Waals surface area contributed by atoms with Crippen LogP contribution in [-0.2, 0) is 28.6 Å². The van der Waals surface area contributed by atoms with Crippen molar-refractivity contribution >= 4 is 21.2 Å². The summed E-state index contributed by atoms with van der Waals surface area (Å²) in [5.41, 5.74) is 2.79. The van der Waals surface area contributed by atoms with E-state index in [4.69, 9.17) is 0 Å². The molecule has 2 heterocycles. The molecule has 0 atom stereocenters. The SMILES string of the molecule is CCc1ccc(-c2nc(CS(=O)(=O)c3nnc(C)n3CC)cs2)cc1. The smallest absolute Gasteiger partial charge is 0.250 e. The summed E-state index contributed by atoms with van der Waals surface area (Å²) in [5, 5.41) is 10.3. The molecule has 0 aliphatic carbocycles. The van der Waals surface area contributed by atoms with Crippen LogP contribution >= 0.6 is 11.3 Å². The van der Waals surface area contributed by atoms with Gasteiger partial charge in [0.2, 0.25) is 15.0 Å². The molecule has 1 aromatic carbocycles. The van der Waals surface area contributed by atoms with E-state index in [0.29, 0.717) is 18.1 Å². The quantitative estimate of drug-likeness (QED) is 0.660. The first-order valence-electron chi connectivity index (χ1n) is 8.11. The Kier molecular flexibility index (Phi) is 5.01. The Bertz CT molecular complexity index is 973. The summed E-state index contributed by atoms with van der Waals surface area (Å²) in [7, 11) is -3.58. The van der Waals surface area contributed by atoms with Crippen molar-refractivity contribution in [2.45, 2.75) is 44.6 Å². The number of nitrogens with zero attached hydrogens (tertiary/aromatic N) is 4. The van der Waals surface area contributed by atoms with E-state index in [1.807, 2.05) is 19.1 Å². The Balaban J connectivity index is 1.85. The minimum atomic E-state index is -3.58. The van der Waals surface area contributed by atoms with Gasteiger partial charge in [0.25, 0.3) is 0 Å². The van der Waals surface area contributed by atoms with Crippen molar-refractivity contribution in [3.63, 3.8) is 0 Å². The van der Waals surface area contributed by atoms with Crippen molar-refractivity contribution in [2.24, 2.45) is 0 Å². The zero-order valence-electron chi connectivity index (χ0n) is 14.4. The molecule has 3 rings (SSSR count). The monoisotopic (exact) mass is 376 g/mol. The van der Waals surface area contributed by atoms with Gasteiger partial charge in [0, 0.05) is 17.5 Å². The first-order valence-corrected chi connectivity index (χ1v) is 10.6. The number of aromatic nitrogens is 4. The molecule has 0 fully saturated rings. The van der Waals surface area contributed by atoms with Gasteiger partial charge in [0.05, 0.1) is 5.69 Å². The summed E-state index contributed by atoms with van der Waals surface area (Å²) in [6, 6.07) is 8.18. The Morgan fingerprint density at radius 2 is 1.84 bits per heavy atom. The predicted molar refractivity (Wildman–Crippen MR) is 98.3 cm³/mol. The van der Waals surface area contributed by atoms with Gasteiger partial charge in [-0.2, -0.15) is 0 Å². The van der Waals surface area contributed by atoms with E-state index in [1.165, 1.54) is 16.9 Å². The van der Waals surface area contributed by atoms with Crippen molar-refractivity contribution in [2.75, 3.05) is 0 Å². The van der Waals surface area contributed by atoms with Crippen LogP contribution < -0.4 is 0 Å². The fourth-order valence-electron chi connectivity index (χ4n) is 2.60. The molecule has 0 aliphatic heterocycles. The summed E-state index contributed by atoms with van der Waals surface area (Å²) in [6.07, 6.45) is 0.985. The lowest BCUT2D eigenvalue weighted by Gasteiger charge is -2.05. The van der Waals surface area contributed by atoms with E-state index in [2.05, 4.69) is 34.2 Å². The molecule has 0 unspecified atom stereocenters. The molecule has 6 nitrogen and oxygen atoms in total. The number of hydrogen-bond acceptors (Lipinski definition) is 6. The number of sulfone groups is 1. The minimum Gasteiger partial charge on any atom is -0.302 e. The van der Waals surface area contributed by atoms with Crippen LogP contribution in [-0.4, -0.2) is 28.2 Å². The van der Waals surface area contributed by atoms with E-state index in [9.17, 15) is 8.42 Å². The lowest BCUT2D eigenvalue weighted by atomic mass is 10.1. The topological polar surface area (TPSA) is 77.7 Å². The molecule has 8 heteroatoms. The Hall–Kier alpha value is -2.06. The Morgan fingerprint density at radius 3 is 2.48 bits per heavy atom. The second kappa shape index (κ2) is 7.05. The number of thiazole rings is 1. The molecule has 0 spiro atoms. The largest absolute Gasteiger partial charge is 0.302 e. The van der Waals surface area contributed by atoms with Crippen molar-refractivity contribution in [3.8, 4) is 10.6 Å². The maximum absolute atomic E-state index is 12.7. The van der Waals surface area contributed by atoms with Crippen LogP contribution in [0.15, 0.2) is 34.8 Å². The second-order valence-corrected chi connectivity index (χ2v) is 8.47. The van der Waals surface area contributed by atoms with E-state index < -0.39 is 9.84 Å². The average molecular weight is 377 g/mol. The first-order chi connectivity index (χ1) is 11.9. The van der Waals surface area contributed by atoms with Gasteiger partial charge < -0.3 is 4.57 Å². The van der Waals surface area contributed by atoms with Crippen molar-refractivity contribution in [3.05, 3.63) is 46.7 Å². The van der Waals surface area contributed by atoms with E-state index in [0.717, 1.165) is 17.0 Å². The standard InChI is InChI=1S/C17H20N4O2S2/c1-4-13-6-8-14(9-7-13)16-18-15(10-24-16)11-25(22,23)17-20-19-12(3)21(17)5-2/h6-10H,4-5,11H2,1-3H3. The van der Waals surface area contributed by atoms with Crippen LogP contribution in [0.3, 0.4) is 0 Å². The van der Waals surface area contributed by atoms with Crippen LogP contribution in [0.2, 0.25) is 0 Å². The summed E-state index contributed by atoms with van der Waals surface area (Å²) in [4.78, 5) is 4.49. The van der Waals surface area contributed by atoms with Gasteiger partial charge in [-0.3, -0.25) is 0 Å². The zero-order valence-corrected chi connectivity index (χ0v) is 16.1. The highest BCUT2D eigenvalue weighted by atomic mass is 32.2. The molecule has 0 bridgehead atoms. The first kappa shape index (κ1) is 17.8. The molecule has 25 heavy (non-hydrogen) atoms. The van der Waals surface area contributed by atoms with Gasteiger partial charge in [-0.1, -0.05) is 31.2 Å². The molecule has 0 N–H and O–H groups in total. The van der Waals surface area contributed by atoms with Crippen molar-refractivity contribution < 1.29 is 8.42 Å². The molecule has 2 aromatic heterocycles. The summed E-state index contributed by atoms with van der Waals surface area (Å²) < 4.78 is 26.9. The average Bonchev–Trinajstić information content (AvgIpc) is 3.21.